The van der Waals surface area contributed by atoms with Crippen molar-refractivity contribution in [2.45, 2.75) is 50.7 Å². The van der Waals surface area contributed by atoms with Crippen molar-refractivity contribution in [1.82, 2.24) is 14.8 Å². The monoisotopic (exact) mass is 344 g/mol. The molecule has 0 unspecified atom stereocenters. The second-order valence-corrected chi connectivity index (χ2v) is 7.79. The van der Waals surface area contributed by atoms with Gasteiger partial charge in [0.2, 0.25) is 0 Å². The molecule has 4 nitrogen and oxygen atoms in total. The normalized spacial score (nSPS) is 15.6. The molecule has 130 valence electrons. The molecular formula is C19H28N4S. The molecule has 0 aliphatic heterocycles. The van der Waals surface area contributed by atoms with E-state index in [0.29, 0.717) is 0 Å². The summed E-state index contributed by atoms with van der Waals surface area (Å²) in [6.07, 6.45) is 6.97. The largest absolute Gasteiger partial charge is 0.378 e. The van der Waals surface area contributed by atoms with Crippen LogP contribution < -0.4 is 4.90 Å². The Hall–Kier alpha value is -1.49. The van der Waals surface area contributed by atoms with Crippen LogP contribution in [0.1, 0.15) is 39.0 Å². The van der Waals surface area contributed by atoms with Gasteiger partial charge in [-0.15, -0.1) is 10.2 Å². The van der Waals surface area contributed by atoms with E-state index in [0.717, 1.165) is 29.0 Å². The molecule has 1 heterocycles. The van der Waals surface area contributed by atoms with Crippen molar-refractivity contribution in [3.8, 4) is 11.4 Å². The summed E-state index contributed by atoms with van der Waals surface area (Å²) in [5.74, 6) is 3.01. The number of rotatable bonds is 6. The first-order valence-electron chi connectivity index (χ1n) is 9.02. The van der Waals surface area contributed by atoms with Gasteiger partial charge >= 0.3 is 0 Å². The summed E-state index contributed by atoms with van der Waals surface area (Å²) in [6, 6.07) is 8.56. The maximum atomic E-state index is 4.47. The molecule has 3 rings (SSSR count). The van der Waals surface area contributed by atoms with E-state index in [9.17, 15) is 0 Å². The summed E-state index contributed by atoms with van der Waals surface area (Å²) in [6.45, 7) is 3.08. The van der Waals surface area contributed by atoms with Crippen LogP contribution >= 0.6 is 11.8 Å². The lowest BCUT2D eigenvalue weighted by Gasteiger charge is -2.20. The number of hydrogen-bond donors (Lipinski definition) is 0. The lowest BCUT2D eigenvalue weighted by atomic mass is 9.91. The zero-order valence-corrected chi connectivity index (χ0v) is 15.9. The zero-order valence-electron chi connectivity index (χ0n) is 15.0. The summed E-state index contributed by atoms with van der Waals surface area (Å²) in [7, 11) is 4.12. The van der Waals surface area contributed by atoms with Gasteiger partial charge in [-0.05, 0) is 49.9 Å². The van der Waals surface area contributed by atoms with Crippen molar-refractivity contribution < 1.29 is 0 Å². The minimum atomic E-state index is 0.855. The smallest absolute Gasteiger partial charge is 0.191 e. The third-order valence-corrected chi connectivity index (χ3v) is 6.05. The quantitative estimate of drug-likeness (QED) is 0.711. The zero-order chi connectivity index (χ0) is 16.9. The Morgan fingerprint density at radius 2 is 1.79 bits per heavy atom. The van der Waals surface area contributed by atoms with Gasteiger partial charge in [0.05, 0.1) is 0 Å². The molecule has 0 atom stereocenters. The third-order valence-electron chi connectivity index (χ3n) is 4.85. The molecule has 0 spiro atoms. The number of hydrogen-bond acceptors (Lipinski definition) is 4. The SMILES string of the molecule is CCn1c(SCC2CCCCC2)nnc1-c1ccc(N(C)C)cc1. The average molecular weight is 345 g/mol. The van der Waals surface area contributed by atoms with Gasteiger partial charge < -0.3 is 9.47 Å². The van der Waals surface area contributed by atoms with Crippen LogP contribution in [0.3, 0.4) is 0 Å². The van der Waals surface area contributed by atoms with Crippen molar-refractivity contribution >= 4 is 17.4 Å². The van der Waals surface area contributed by atoms with Crippen LogP contribution in [0.5, 0.6) is 0 Å². The van der Waals surface area contributed by atoms with Crippen LogP contribution in [0.4, 0.5) is 5.69 Å². The summed E-state index contributed by atoms with van der Waals surface area (Å²) < 4.78 is 2.25. The number of benzene rings is 1. The Bertz CT molecular complexity index is 642. The first-order valence-corrected chi connectivity index (χ1v) is 10.0. The molecule has 1 aromatic carbocycles. The molecule has 0 radical (unpaired) electrons. The molecule has 1 saturated carbocycles. The molecule has 0 bridgehead atoms. The van der Waals surface area contributed by atoms with Crippen LogP contribution in [-0.2, 0) is 6.54 Å². The third kappa shape index (κ3) is 3.94. The molecule has 1 aliphatic carbocycles. The highest BCUT2D eigenvalue weighted by molar-refractivity contribution is 7.99. The first kappa shape index (κ1) is 17.3. The van der Waals surface area contributed by atoms with Crippen LogP contribution in [0.2, 0.25) is 0 Å². The summed E-state index contributed by atoms with van der Waals surface area (Å²) in [5, 5.41) is 10.0. The predicted octanol–water partition coefficient (Wildman–Crippen LogP) is 4.70. The van der Waals surface area contributed by atoms with E-state index < -0.39 is 0 Å². The molecule has 5 heteroatoms. The van der Waals surface area contributed by atoms with Crippen LogP contribution in [0.15, 0.2) is 29.4 Å². The van der Waals surface area contributed by atoms with Crippen LogP contribution in [-0.4, -0.2) is 34.6 Å². The molecular weight excluding hydrogens is 316 g/mol. The van der Waals surface area contributed by atoms with Gasteiger partial charge in [-0.1, -0.05) is 31.0 Å². The van der Waals surface area contributed by atoms with Gasteiger partial charge in [0.25, 0.3) is 0 Å². The van der Waals surface area contributed by atoms with Crippen molar-refractivity contribution in [3.05, 3.63) is 24.3 Å². The van der Waals surface area contributed by atoms with Gasteiger partial charge in [0.1, 0.15) is 0 Å². The standard InChI is InChI=1S/C19H28N4S/c1-4-23-18(16-10-12-17(13-11-16)22(2)3)20-21-19(23)24-14-15-8-6-5-7-9-15/h10-13,15H,4-9,14H2,1-3H3. The molecule has 1 aromatic heterocycles. The minimum Gasteiger partial charge on any atom is -0.378 e. The summed E-state index contributed by atoms with van der Waals surface area (Å²) in [4.78, 5) is 2.11. The minimum absolute atomic E-state index is 0.855. The molecule has 0 N–H and O–H groups in total. The number of anilines is 1. The fourth-order valence-corrected chi connectivity index (χ4v) is 4.54. The number of nitrogens with zero attached hydrogens (tertiary/aromatic N) is 4. The van der Waals surface area contributed by atoms with Crippen LogP contribution in [0.25, 0.3) is 11.4 Å². The Balaban J connectivity index is 1.73. The van der Waals surface area contributed by atoms with Gasteiger partial charge in [-0.25, -0.2) is 0 Å². The van der Waals surface area contributed by atoms with E-state index in [-0.39, 0.29) is 0 Å². The summed E-state index contributed by atoms with van der Waals surface area (Å²) >= 11 is 1.88. The van der Waals surface area contributed by atoms with Gasteiger partial charge in [-0.2, -0.15) is 0 Å². The highest BCUT2D eigenvalue weighted by Crippen LogP contribution is 2.31. The van der Waals surface area contributed by atoms with E-state index in [4.69, 9.17) is 0 Å². The summed E-state index contributed by atoms with van der Waals surface area (Å²) in [5.41, 5.74) is 2.34. The fourth-order valence-electron chi connectivity index (χ4n) is 3.35. The second-order valence-electron chi connectivity index (χ2n) is 6.81. The molecule has 0 saturated heterocycles. The van der Waals surface area contributed by atoms with E-state index in [1.807, 2.05) is 11.8 Å². The fraction of sp³-hybridized carbons (Fsp3) is 0.579. The second kappa shape index (κ2) is 8.06. The number of aromatic nitrogens is 3. The van der Waals surface area contributed by atoms with E-state index in [1.54, 1.807) is 0 Å². The van der Waals surface area contributed by atoms with Crippen LogP contribution in [0, 0.1) is 5.92 Å². The molecule has 2 aromatic rings. The molecule has 1 aliphatic rings. The van der Waals surface area contributed by atoms with Gasteiger partial charge in [-0.3, -0.25) is 0 Å². The molecule has 1 fully saturated rings. The van der Waals surface area contributed by atoms with Gasteiger partial charge in [0, 0.05) is 37.6 Å². The lowest BCUT2D eigenvalue weighted by Crippen LogP contribution is -2.09. The van der Waals surface area contributed by atoms with E-state index >= 15 is 0 Å². The Kier molecular flexibility index (Phi) is 5.82. The topological polar surface area (TPSA) is 34.0 Å². The maximum Gasteiger partial charge on any atom is 0.191 e. The first-order chi connectivity index (χ1) is 11.7. The Morgan fingerprint density at radius 1 is 1.08 bits per heavy atom. The van der Waals surface area contributed by atoms with Crippen molar-refractivity contribution in [1.29, 1.82) is 0 Å². The Morgan fingerprint density at radius 3 is 2.42 bits per heavy atom. The Labute approximate surface area is 149 Å². The van der Waals surface area contributed by atoms with E-state index in [1.165, 1.54) is 43.5 Å². The highest BCUT2D eigenvalue weighted by atomic mass is 32.2. The van der Waals surface area contributed by atoms with Gasteiger partial charge in [0.15, 0.2) is 11.0 Å². The van der Waals surface area contributed by atoms with Crippen molar-refractivity contribution in [3.63, 3.8) is 0 Å². The number of thioether (sulfide) groups is 1. The van der Waals surface area contributed by atoms with E-state index in [2.05, 4.69) is 64.9 Å². The molecule has 0 amide bonds. The highest BCUT2D eigenvalue weighted by Gasteiger charge is 2.17. The average Bonchev–Trinajstić information content (AvgIpc) is 3.03. The predicted molar refractivity (Wildman–Crippen MR) is 103 cm³/mol. The maximum absolute atomic E-state index is 4.47. The lowest BCUT2D eigenvalue weighted by molar-refractivity contribution is 0.390. The van der Waals surface area contributed by atoms with Crippen molar-refractivity contribution in [2.75, 3.05) is 24.7 Å². The molecule has 24 heavy (non-hydrogen) atoms. The van der Waals surface area contributed by atoms with Crippen molar-refractivity contribution in [2.24, 2.45) is 5.92 Å².